The Morgan fingerprint density at radius 2 is 2.30 bits per heavy atom. The maximum atomic E-state index is 12.5. The predicted octanol–water partition coefficient (Wildman–Crippen LogP) is 1.63. The van der Waals surface area contributed by atoms with Crippen LogP contribution in [0.1, 0.15) is 40.7 Å². The van der Waals surface area contributed by atoms with Crippen molar-refractivity contribution in [1.29, 1.82) is 0 Å². The van der Waals surface area contributed by atoms with Crippen LogP contribution in [-0.2, 0) is 17.7 Å². The number of ether oxygens (including phenoxy) is 1. The fraction of sp³-hybridized carbons (Fsp3) is 0.562. The highest BCUT2D eigenvalue weighted by molar-refractivity contribution is 5.96. The van der Waals surface area contributed by atoms with E-state index in [0.29, 0.717) is 0 Å². The van der Waals surface area contributed by atoms with E-state index in [9.17, 15) is 4.79 Å². The maximum Gasteiger partial charge on any atom is 0.251 e. The fourth-order valence-corrected chi connectivity index (χ4v) is 3.36. The first kappa shape index (κ1) is 13.6. The minimum atomic E-state index is 0.0534. The lowest BCUT2D eigenvalue weighted by molar-refractivity contribution is 0.0721. The zero-order valence-corrected chi connectivity index (χ0v) is 11.9. The molecular formula is C16H22N2O2. The molecule has 0 bridgehead atoms. The van der Waals surface area contributed by atoms with Crippen molar-refractivity contribution in [2.45, 2.75) is 44.4 Å². The molecule has 0 radical (unpaired) electrons. The zero-order chi connectivity index (χ0) is 13.9. The highest BCUT2D eigenvalue weighted by Crippen LogP contribution is 2.23. The van der Waals surface area contributed by atoms with Crippen LogP contribution in [0.25, 0.3) is 0 Å². The monoisotopic (exact) mass is 274 g/mol. The van der Waals surface area contributed by atoms with Crippen LogP contribution in [-0.4, -0.2) is 31.7 Å². The Morgan fingerprint density at radius 3 is 3.15 bits per heavy atom. The molecule has 2 unspecified atom stereocenters. The summed E-state index contributed by atoms with van der Waals surface area (Å²) in [4.78, 5) is 12.5. The first-order valence-corrected chi connectivity index (χ1v) is 7.44. The summed E-state index contributed by atoms with van der Waals surface area (Å²) in [6.07, 6.45) is 4.27. The molecule has 108 valence electrons. The molecule has 1 aliphatic carbocycles. The standard InChI is InChI=1S/C16H22N2O2/c1-20-15-7-3-6-14(15)18-16(19)13-5-2-4-11-10-17-9-8-12(11)13/h2,4-5,14-15,17H,3,6-10H2,1H3,(H,18,19). The maximum absolute atomic E-state index is 12.5. The van der Waals surface area contributed by atoms with Crippen molar-refractivity contribution in [1.82, 2.24) is 10.6 Å². The normalized spacial score (nSPS) is 25.2. The lowest BCUT2D eigenvalue weighted by Crippen LogP contribution is -2.41. The van der Waals surface area contributed by atoms with Crippen LogP contribution >= 0.6 is 0 Å². The number of amides is 1. The van der Waals surface area contributed by atoms with Crippen LogP contribution in [0.3, 0.4) is 0 Å². The lowest BCUT2D eigenvalue weighted by atomic mass is 9.95. The molecule has 3 rings (SSSR count). The van der Waals surface area contributed by atoms with Gasteiger partial charge in [-0.3, -0.25) is 4.79 Å². The Balaban J connectivity index is 1.77. The molecule has 20 heavy (non-hydrogen) atoms. The van der Waals surface area contributed by atoms with E-state index in [4.69, 9.17) is 4.74 Å². The van der Waals surface area contributed by atoms with Gasteiger partial charge in [0, 0.05) is 19.2 Å². The van der Waals surface area contributed by atoms with E-state index >= 15 is 0 Å². The van der Waals surface area contributed by atoms with E-state index in [1.54, 1.807) is 7.11 Å². The smallest absolute Gasteiger partial charge is 0.251 e. The van der Waals surface area contributed by atoms with Crippen molar-refractivity contribution in [2.24, 2.45) is 0 Å². The molecule has 2 atom stereocenters. The Morgan fingerprint density at radius 1 is 1.40 bits per heavy atom. The van der Waals surface area contributed by atoms with Gasteiger partial charge in [-0.25, -0.2) is 0 Å². The number of rotatable bonds is 3. The van der Waals surface area contributed by atoms with Crippen LogP contribution in [0.5, 0.6) is 0 Å². The summed E-state index contributed by atoms with van der Waals surface area (Å²) in [5.74, 6) is 0.0534. The van der Waals surface area contributed by atoms with E-state index in [1.807, 2.05) is 12.1 Å². The van der Waals surface area contributed by atoms with Gasteiger partial charge >= 0.3 is 0 Å². The van der Waals surface area contributed by atoms with Gasteiger partial charge in [0.25, 0.3) is 5.91 Å². The van der Waals surface area contributed by atoms with Crippen molar-refractivity contribution in [3.63, 3.8) is 0 Å². The van der Waals surface area contributed by atoms with Gasteiger partial charge in [0.1, 0.15) is 0 Å². The Kier molecular flexibility index (Phi) is 4.03. The summed E-state index contributed by atoms with van der Waals surface area (Å²) in [7, 11) is 1.73. The number of benzene rings is 1. The number of hydrogen-bond acceptors (Lipinski definition) is 3. The predicted molar refractivity (Wildman–Crippen MR) is 77.8 cm³/mol. The van der Waals surface area contributed by atoms with Gasteiger partial charge in [-0.1, -0.05) is 12.1 Å². The van der Waals surface area contributed by atoms with Gasteiger partial charge in [-0.05, 0) is 49.4 Å². The third-order valence-electron chi connectivity index (χ3n) is 4.46. The number of fused-ring (bicyclic) bond motifs is 1. The van der Waals surface area contributed by atoms with Crippen molar-refractivity contribution in [3.05, 3.63) is 34.9 Å². The van der Waals surface area contributed by atoms with Crippen molar-refractivity contribution >= 4 is 5.91 Å². The van der Waals surface area contributed by atoms with E-state index in [1.165, 1.54) is 11.1 Å². The molecule has 2 N–H and O–H groups in total. The Bertz CT molecular complexity index is 501. The molecule has 0 aromatic heterocycles. The Hall–Kier alpha value is -1.39. The third-order valence-corrected chi connectivity index (χ3v) is 4.46. The number of carbonyl (C=O) groups excluding carboxylic acids is 1. The largest absolute Gasteiger partial charge is 0.379 e. The van der Waals surface area contributed by atoms with Gasteiger partial charge in [-0.15, -0.1) is 0 Å². The summed E-state index contributed by atoms with van der Waals surface area (Å²) in [6.45, 7) is 1.81. The average molecular weight is 274 g/mol. The van der Waals surface area contributed by atoms with Crippen LogP contribution < -0.4 is 10.6 Å². The molecule has 1 heterocycles. The molecule has 1 fully saturated rings. The average Bonchev–Trinajstić information content (AvgIpc) is 2.93. The van der Waals surface area contributed by atoms with E-state index in [2.05, 4.69) is 16.7 Å². The summed E-state index contributed by atoms with van der Waals surface area (Å²) in [6, 6.07) is 6.18. The summed E-state index contributed by atoms with van der Waals surface area (Å²) in [5.41, 5.74) is 3.29. The SMILES string of the molecule is COC1CCCC1NC(=O)c1cccc2c1CCNC2. The van der Waals surface area contributed by atoms with Crippen LogP contribution in [0.15, 0.2) is 18.2 Å². The third kappa shape index (κ3) is 2.58. The summed E-state index contributed by atoms with van der Waals surface area (Å²) >= 11 is 0. The number of nitrogens with one attached hydrogen (secondary N) is 2. The number of methoxy groups -OCH3 is 1. The lowest BCUT2D eigenvalue weighted by Gasteiger charge is -2.23. The van der Waals surface area contributed by atoms with Crippen molar-refractivity contribution in [3.8, 4) is 0 Å². The van der Waals surface area contributed by atoms with E-state index in [-0.39, 0.29) is 18.1 Å². The fourth-order valence-electron chi connectivity index (χ4n) is 3.36. The molecule has 1 saturated carbocycles. The molecule has 1 aromatic rings. The molecule has 2 aliphatic rings. The first-order chi connectivity index (χ1) is 9.79. The van der Waals surface area contributed by atoms with E-state index < -0.39 is 0 Å². The minimum absolute atomic E-state index is 0.0534. The van der Waals surface area contributed by atoms with Crippen LogP contribution in [0, 0.1) is 0 Å². The van der Waals surface area contributed by atoms with Crippen molar-refractivity contribution in [2.75, 3.05) is 13.7 Å². The summed E-state index contributed by atoms with van der Waals surface area (Å²) in [5, 5.41) is 6.51. The van der Waals surface area contributed by atoms with Crippen molar-refractivity contribution < 1.29 is 9.53 Å². The summed E-state index contributed by atoms with van der Waals surface area (Å²) < 4.78 is 5.45. The Labute approximate surface area is 119 Å². The molecule has 1 amide bonds. The topological polar surface area (TPSA) is 50.4 Å². The number of hydrogen-bond donors (Lipinski definition) is 2. The quantitative estimate of drug-likeness (QED) is 0.881. The highest BCUT2D eigenvalue weighted by atomic mass is 16.5. The van der Waals surface area contributed by atoms with Gasteiger partial charge in [0.15, 0.2) is 0 Å². The molecular weight excluding hydrogens is 252 g/mol. The van der Waals surface area contributed by atoms with Gasteiger partial charge in [0.05, 0.1) is 12.1 Å². The first-order valence-electron chi connectivity index (χ1n) is 7.44. The molecule has 4 nitrogen and oxygen atoms in total. The highest BCUT2D eigenvalue weighted by Gasteiger charge is 2.29. The van der Waals surface area contributed by atoms with E-state index in [0.717, 1.165) is 44.3 Å². The molecule has 0 spiro atoms. The molecule has 1 aromatic carbocycles. The second-order valence-electron chi connectivity index (χ2n) is 5.66. The molecule has 4 heteroatoms. The van der Waals surface area contributed by atoms with Gasteiger partial charge < -0.3 is 15.4 Å². The second-order valence-corrected chi connectivity index (χ2v) is 5.66. The minimum Gasteiger partial charge on any atom is -0.379 e. The number of carbonyl (C=O) groups is 1. The molecule has 1 aliphatic heterocycles. The van der Waals surface area contributed by atoms with Crippen LogP contribution in [0.2, 0.25) is 0 Å². The molecule has 0 saturated heterocycles. The second kappa shape index (κ2) is 5.94. The van der Waals surface area contributed by atoms with Gasteiger partial charge in [-0.2, -0.15) is 0 Å². The van der Waals surface area contributed by atoms with Gasteiger partial charge in [0.2, 0.25) is 0 Å². The zero-order valence-electron chi connectivity index (χ0n) is 11.9. The van der Waals surface area contributed by atoms with Crippen LogP contribution in [0.4, 0.5) is 0 Å².